The summed E-state index contributed by atoms with van der Waals surface area (Å²) < 4.78 is 11.7. The van der Waals surface area contributed by atoms with E-state index in [4.69, 9.17) is 9.47 Å². The molecule has 8 atom stereocenters. The van der Waals surface area contributed by atoms with Crippen molar-refractivity contribution in [1.29, 1.82) is 0 Å². The van der Waals surface area contributed by atoms with Gasteiger partial charge < -0.3 is 14.6 Å². The molecule has 1 heterocycles. The molecule has 1 aliphatic heterocycles. The third-order valence-electron chi connectivity index (χ3n) is 10.4. The summed E-state index contributed by atoms with van der Waals surface area (Å²) in [5, 5.41) is 10.5. The van der Waals surface area contributed by atoms with Gasteiger partial charge in [0.2, 0.25) is 0 Å². The maximum Gasteiger partial charge on any atom is 0.139 e. The topological polar surface area (TPSA) is 59.0 Å². The van der Waals surface area contributed by atoms with Gasteiger partial charge in [0.05, 0.1) is 32.0 Å². The summed E-state index contributed by atoms with van der Waals surface area (Å²) in [6.45, 7) is 9.37. The first-order chi connectivity index (χ1) is 14.9. The number of ether oxygens (including phenoxy) is 2. The molecule has 0 aromatic rings. The van der Waals surface area contributed by atoms with Crippen molar-refractivity contribution in [3.8, 4) is 0 Å². The van der Waals surface area contributed by atoms with E-state index in [0.29, 0.717) is 36.4 Å². The van der Waals surface area contributed by atoms with E-state index in [2.05, 4.69) is 18.7 Å². The molecule has 0 bridgehead atoms. The fourth-order valence-electron chi connectivity index (χ4n) is 8.52. The normalized spacial score (nSPS) is 46.8. The Morgan fingerprint density at radius 3 is 2.71 bits per heavy atom. The van der Waals surface area contributed by atoms with Gasteiger partial charge in [-0.3, -0.25) is 9.69 Å². The maximum atomic E-state index is 12.6. The SMILES string of the molecule is C[C@]12CC[C@H](OC[C@@H](O)CN3CCOCC3)C[C@@H]1CC[C@@H]1[C@@H]2CC[C@]2(C)C(=O)CC[C@@H]12. The van der Waals surface area contributed by atoms with Crippen LogP contribution in [0.3, 0.4) is 0 Å². The number of hydrogen-bond donors (Lipinski definition) is 1. The standard InChI is InChI=1S/C26H43NO4/c1-25-9-7-20(31-17-19(28)16-27-11-13-30-14-12-27)15-18(25)3-4-21-22-5-6-24(29)26(22,2)10-8-23(21)25/h18-23,28H,3-17H2,1-2H3/t18-,19-,20-,21-,22-,23-,25-,26-/m0/s1. The number of β-amino-alcohol motifs (C(OH)–C–C–N with tert-alkyl or cyclic N) is 1. The molecule has 0 unspecified atom stereocenters. The number of carbonyl (C=O) groups excluding carboxylic acids is 1. The van der Waals surface area contributed by atoms with Gasteiger partial charge in [-0.25, -0.2) is 0 Å². The molecular formula is C26H43NO4. The highest BCUT2D eigenvalue weighted by Crippen LogP contribution is 2.65. The van der Waals surface area contributed by atoms with Crippen LogP contribution < -0.4 is 0 Å². The van der Waals surface area contributed by atoms with Crippen LogP contribution in [0.25, 0.3) is 0 Å². The van der Waals surface area contributed by atoms with Gasteiger partial charge in [0.15, 0.2) is 0 Å². The van der Waals surface area contributed by atoms with Crippen LogP contribution in [0.5, 0.6) is 0 Å². The first-order valence-electron chi connectivity index (χ1n) is 13.0. The summed E-state index contributed by atoms with van der Waals surface area (Å²) in [6.07, 6.45) is 10.4. The number of morpholine rings is 1. The van der Waals surface area contributed by atoms with E-state index in [1.807, 2.05) is 0 Å². The molecule has 31 heavy (non-hydrogen) atoms. The van der Waals surface area contributed by atoms with Crippen LogP contribution in [0.2, 0.25) is 0 Å². The molecule has 0 radical (unpaired) electrons. The predicted molar refractivity (Wildman–Crippen MR) is 120 cm³/mol. The Hall–Kier alpha value is -0.490. The van der Waals surface area contributed by atoms with Crippen LogP contribution in [-0.2, 0) is 14.3 Å². The lowest BCUT2D eigenvalue weighted by Gasteiger charge is -2.60. The molecule has 5 fully saturated rings. The number of rotatable bonds is 5. The Kier molecular flexibility index (Phi) is 6.26. The van der Waals surface area contributed by atoms with E-state index in [1.165, 1.54) is 25.7 Å². The summed E-state index contributed by atoms with van der Waals surface area (Å²) in [6, 6.07) is 0. The lowest BCUT2D eigenvalue weighted by atomic mass is 9.45. The van der Waals surface area contributed by atoms with Crippen molar-refractivity contribution < 1.29 is 19.4 Å². The van der Waals surface area contributed by atoms with Gasteiger partial charge in [-0.15, -0.1) is 0 Å². The highest BCUT2D eigenvalue weighted by molar-refractivity contribution is 5.87. The summed E-state index contributed by atoms with van der Waals surface area (Å²) in [5.74, 6) is 3.49. The number of fused-ring (bicyclic) bond motifs is 5. The van der Waals surface area contributed by atoms with Gasteiger partial charge in [-0.1, -0.05) is 13.8 Å². The zero-order valence-electron chi connectivity index (χ0n) is 19.7. The predicted octanol–water partition coefficient (Wildman–Crippen LogP) is 3.68. The summed E-state index contributed by atoms with van der Waals surface area (Å²) in [5.41, 5.74) is 0.406. The Morgan fingerprint density at radius 2 is 1.90 bits per heavy atom. The van der Waals surface area contributed by atoms with Gasteiger partial charge in [-0.05, 0) is 80.5 Å². The second kappa shape index (κ2) is 8.70. The number of ketones is 1. The zero-order valence-corrected chi connectivity index (χ0v) is 19.7. The largest absolute Gasteiger partial charge is 0.389 e. The highest BCUT2D eigenvalue weighted by Gasteiger charge is 2.60. The zero-order chi connectivity index (χ0) is 21.6. The minimum Gasteiger partial charge on any atom is -0.389 e. The maximum absolute atomic E-state index is 12.6. The average molecular weight is 434 g/mol. The Morgan fingerprint density at radius 1 is 1.10 bits per heavy atom. The van der Waals surface area contributed by atoms with Crippen molar-refractivity contribution in [2.45, 2.75) is 83.8 Å². The molecule has 5 nitrogen and oxygen atoms in total. The van der Waals surface area contributed by atoms with Crippen molar-refractivity contribution in [2.75, 3.05) is 39.5 Å². The number of aliphatic hydroxyl groups is 1. The van der Waals surface area contributed by atoms with Gasteiger partial charge in [0, 0.05) is 31.5 Å². The van der Waals surface area contributed by atoms with Gasteiger partial charge in [0.25, 0.3) is 0 Å². The number of nitrogens with zero attached hydrogens (tertiary/aromatic N) is 1. The Bertz CT molecular complexity index is 664. The van der Waals surface area contributed by atoms with Gasteiger partial charge >= 0.3 is 0 Å². The van der Waals surface area contributed by atoms with E-state index >= 15 is 0 Å². The molecule has 176 valence electrons. The molecule has 5 aliphatic rings. The lowest BCUT2D eigenvalue weighted by Crippen LogP contribution is -2.54. The van der Waals surface area contributed by atoms with E-state index < -0.39 is 6.10 Å². The summed E-state index contributed by atoms with van der Waals surface area (Å²) >= 11 is 0. The van der Waals surface area contributed by atoms with Crippen LogP contribution in [0.1, 0.15) is 71.6 Å². The fraction of sp³-hybridized carbons (Fsp3) is 0.962. The third-order valence-corrected chi connectivity index (χ3v) is 10.4. The van der Waals surface area contributed by atoms with Crippen molar-refractivity contribution in [2.24, 2.45) is 34.5 Å². The summed E-state index contributed by atoms with van der Waals surface area (Å²) in [7, 11) is 0. The van der Waals surface area contributed by atoms with Crippen LogP contribution in [0, 0.1) is 34.5 Å². The molecule has 5 rings (SSSR count). The molecular weight excluding hydrogens is 390 g/mol. The van der Waals surface area contributed by atoms with E-state index in [-0.39, 0.29) is 5.41 Å². The van der Waals surface area contributed by atoms with Crippen LogP contribution in [0.15, 0.2) is 0 Å². The van der Waals surface area contributed by atoms with Gasteiger partial charge in [-0.2, -0.15) is 0 Å². The van der Waals surface area contributed by atoms with E-state index in [1.54, 1.807) is 0 Å². The number of hydrogen-bond acceptors (Lipinski definition) is 5. The Labute approximate surface area is 188 Å². The van der Waals surface area contributed by atoms with Crippen LogP contribution in [0.4, 0.5) is 0 Å². The van der Waals surface area contributed by atoms with Crippen LogP contribution in [-0.4, -0.2) is 67.5 Å². The number of Topliss-reactive ketones (excluding diaryl/α,β-unsaturated/α-hetero) is 1. The first-order valence-corrected chi connectivity index (χ1v) is 13.0. The molecule has 1 N–H and O–H groups in total. The minimum absolute atomic E-state index is 0.0126. The molecule has 4 saturated carbocycles. The van der Waals surface area contributed by atoms with Crippen molar-refractivity contribution in [3.05, 3.63) is 0 Å². The molecule has 5 heteroatoms. The van der Waals surface area contributed by atoms with Crippen LogP contribution >= 0.6 is 0 Å². The van der Waals surface area contributed by atoms with Crippen molar-refractivity contribution in [3.63, 3.8) is 0 Å². The number of aliphatic hydroxyl groups excluding tert-OH is 1. The highest BCUT2D eigenvalue weighted by atomic mass is 16.5. The molecule has 0 spiro atoms. The molecule has 4 aliphatic carbocycles. The Balaban J connectivity index is 1.15. The quantitative estimate of drug-likeness (QED) is 0.717. The molecule has 1 saturated heterocycles. The molecule has 0 aromatic carbocycles. The van der Waals surface area contributed by atoms with E-state index in [9.17, 15) is 9.90 Å². The first kappa shape index (κ1) is 22.3. The second-order valence-corrected chi connectivity index (χ2v) is 11.9. The smallest absolute Gasteiger partial charge is 0.139 e. The van der Waals surface area contributed by atoms with Crippen molar-refractivity contribution in [1.82, 2.24) is 4.90 Å². The second-order valence-electron chi connectivity index (χ2n) is 11.9. The number of carbonyl (C=O) groups is 1. The summed E-state index contributed by atoms with van der Waals surface area (Å²) in [4.78, 5) is 14.9. The minimum atomic E-state index is -0.405. The average Bonchev–Trinajstić information content (AvgIpc) is 3.07. The van der Waals surface area contributed by atoms with Crippen molar-refractivity contribution >= 4 is 5.78 Å². The lowest BCUT2D eigenvalue weighted by molar-refractivity contribution is -0.147. The molecule has 0 aromatic heterocycles. The molecule has 0 amide bonds. The van der Waals surface area contributed by atoms with E-state index in [0.717, 1.165) is 76.2 Å². The van der Waals surface area contributed by atoms with Gasteiger partial charge in [0.1, 0.15) is 5.78 Å². The third kappa shape index (κ3) is 4.02. The fourth-order valence-corrected chi connectivity index (χ4v) is 8.52. The monoisotopic (exact) mass is 433 g/mol.